The molecule has 9 rings (SSSR count). The molecule has 2 aromatic heterocycles. The van der Waals surface area contributed by atoms with Crippen molar-refractivity contribution in [3.63, 3.8) is 0 Å². The Morgan fingerprint density at radius 1 is 0.750 bits per heavy atom. The van der Waals surface area contributed by atoms with Gasteiger partial charge in [0.05, 0.1) is 20.3 Å². The van der Waals surface area contributed by atoms with E-state index in [1.165, 1.54) is 56.1 Å². The smallest absolute Gasteiger partial charge is 0.261 e. The minimum Gasteiger partial charge on any atom is -0.493 e. The molecule has 3 N–H and O–H groups in total. The number of para-hydroxylation sites is 2. The van der Waals surface area contributed by atoms with Crippen LogP contribution in [0.1, 0.15) is 61.3 Å². The third kappa shape index (κ3) is 6.82. The Balaban J connectivity index is 0.899. The molecule has 0 saturated carbocycles. The number of ether oxygens (including phenoxy) is 2. The summed E-state index contributed by atoms with van der Waals surface area (Å²) in [6, 6.07) is 48.3. The van der Waals surface area contributed by atoms with Gasteiger partial charge in [-0.3, -0.25) is 14.4 Å². The lowest BCUT2D eigenvalue weighted by Crippen LogP contribution is -2.35. The van der Waals surface area contributed by atoms with Crippen LogP contribution in [-0.2, 0) is 13.0 Å². The summed E-state index contributed by atoms with van der Waals surface area (Å²) < 4.78 is 14.4. The molecule has 0 saturated heterocycles. The molecule has 0 spiro atoms. The van der Waals surface area contributed by atoms with Crippen molar-refractivity contribution in [3.8, 4) is 11.5 Å². The van der Waals surface area contributed by atoms with Gasteiger partial charge in [-0.05, 0) is 106 Å². The fourth-order valence-electron chi connectivity index (χ4n) is 8.27. The van der Waals surface area contributed by atoms with Gasteiger partial charge in [0.15, 0.2) is 11.5 Å². The summed E-state index contributed by atoms with van der Waals surface area (Å²) in [5.74, 6) is 1.35. The number of carbonyl (C=O) groups excluding carboxylic acids is 1. The molecule has 1 aliphatic rings. The van der Waals surface area contributed by atoms with Gasteiger partial charge in [-0.1, -0.05) is 91.0 Å². The van der Waals surface area contributed by atoms with Gasteiger partial charge in [-0.25, -0.2) is 0 Å². The zero-order valence-corrected chi connectivity index (χ0v) is 32.1. The van der Waals surface area contributed by atoms with Gasteiger partial charge in [0.2, 0.25) is 0 Å². The predicted octanol–water partition coefficient (Wildman–Crippen LogP) is 10.4. The monoisotopic (exact) mass is 754 g/mol. The molecule has 6 aromatic carbocycles. The number of fused-ring (bicyclic) bond motifs is 3. The van der Waals surface area contributed by atoms with Crippen molar-refractivity contribution >= 4 is 39.7 Å². The van der Waals surface area contributed by atoms with Crippen molar-refractivity contribution in [2.75, 3.05) is 20.8 Å². The first-order valence-corrected chi connectivity index (χ1v) is 19.7. The lowest BCUT2D eigenvalue weighted by atomic mass is 9.84. The van der Waals surface area contributed by atoms with E-state index in [-0.39, 0.29) is 17.9 Å². The lowest BCUT2D eigenvalue weighted by molar-refractivity contribution is 0.0984. The minimum absolute atomic E-state index is 0.0266. The van der Waals surface area contributed by atoms with Gasteiger partial charge >= 0.3 is 0 Å². The normalized spacial score (nSPS) is 14.2. The first-order chi connectivity index (χ1) is 27.6. The van der Waals surface area contributed by atoms with Crippen molar-refractivity contribution in [1.29, 1.82) is 0 Å². The van der Waals surface area contributed by atoms with E-state index in [4.69, 9.17) is 9.47 Å². The predicted molar refractivity (Wildman–Crippen MR) is 226 cm³/mol. The van der Waals surface area contributed by atoms with Crippen LogP contribution in [0.15, 0.2) is 157 Å². The van der Waals surface area contributed by atoms with Crippen LogP contribution < -0.4 is 14.2 Å². The standard InChI is InChI=1S/C48H42N4O3S/c1-54-44-26-35-24-25-52(47(33-10-4-3-5-11-33)39(35)27-45(44)55-2)30-31-16-22-36(23-17-31)56-51-48(53)34-20-18-32(19-21-34)46(40-28-49-42-14-8-6-12-37(40)42)41-29-50-43-15-9-7-13-38(41)43/h3-23,26-29,46-47,49-50H,24-25,30H2,1-2H3,(H,51,53). The van der Waals surface area contributed by atoms with E-state index >= 15 is 0 Å². The molecular weight excluding hydrogens is 713 g/mol. The molecule has 0 fully saturated rings. The molecule has 0 aliphatic carbocycles. The number of rotatable bonds is 11. The van der Waals surface area contributed by atoms with E-state index < -0.39 is 0 Å². The second kappa shape index (κ2) is 15.5. The molecule has 7 nitrogen and oxygen atoms in total. The van der Waals surface area contributed by atoms with E-state index in [1.54, 1.807) is 14.2 Å². The number of hydrogen-bond acceptors (Lipinski definition) is 5. The first kappa shape index (κ1) is 35.5. The Morgan fingerprint density at radius 3 is 2.00 bits per heavy atom. The number of methoxy groups -OCH3 is 2. The first-order valence-electron chi connectivity index (χ1n) is 18.9. The van der Waals surface area contributed by atoms with E-state index in [0.29, 0.717) is 5.56 Å². The van der Waals surface area contributed by atoms with Gasteiger partial charge in [-0.2, -0.15) is 0 Å². The number of benzene rings is 6. The van der Waals surface area contributed by atoms with Crippen LogP contribution in [0.3, 0.4) is 0 Å². The van der Waals surface area contributed by atoms with Crippen molar-refractivity contribution in [1.82, 2.24) is 19.6 Å². The van der Waals surface area contributed by atoms with Crippen LogP contribution in [0, 0.1) is 0 Å². The zero-order chi connectivity index (χ0) is 38.0. The van der Waals surface area contributed by atoms with Gasteiger partial charge in [0.1, 0.15) is 0 Å². The number of nitrogens with zero attached hydrogens (tertiary/aromatic N) is 1. The zero-order valence-electron chi connectivity index (χ0n) is 31.3. The molecule has 0 radical (unpaired) electrons. The topological polar surface area (TPSA) is 82.4 Å². The highest BCUT2D eigenvalue weighted by molar-refractivity contribution is 7.98. The molecule has 8 aromatic rings. The average molecular weight is 755 g/mol. The molecule has 1 atom stereocenters. The Labute approximate surface area is 330 Å². The number of aromatic amines is 2. The molecule has 56 heavy (non-hydrogen) atoms. The molecule has 278 valence electrons. The summed E-state index contributed by atoms with van der Waals surface area (Å²) in [6.07, 6.45) is 5.15. The minimum atomic E-state index is -0.133. The van der Waals surface area contributed by atoms with Crippen molar-refractivity contribution in [2.45, 2.75) is 29.8 Å². The number of aromatic nitrogens is 2. The third-order valence-electron chi connectivity index (χ3n) is 11.0. The molecular formula is C48H42N4O3S. The van der Waals surface area contributed by atoms with E-state index in [2.05, 4.69) is 159 Å². The maximum atomic E-state index is 13.4. The number of nitrogens with one attached hydrogen (secondary N) is 3. The molecule has 1 amide bonds. The maximum Gasteiger partial charge on any atom is 0.261 e. The fraction of sp³-hybridized carbons (Fsp3) is 0.146. The van der Waals surface area contributed by atoms with Crippen LogP contribution in [0.5, 0.6) is 11.5 Å². The lowest BCUT2D eigenvalue weighted by Gasteiger charge is -2.38. The third-order valence-corrected chi connectivity index (χ3v) is 11.8. The second-order valence-electron chi connectivity index (χ2n) is 14.3. The number of carbonyl (C=O) groups is 1. The number of H-pyrrole nitrogens is 2. The fourth-order valence-corrected chi connectivity index (χ4v) is 8.88. The molecule has 0 bridgehead atoms. The molecule has 1 unspecified atom stereocenters. The quantitative estimate of drug-likeness (QED) is 0.115. The highest BCUT2D eigenvalue weighted by Crippen LogP contribution is 2.42. The van der Waals surface area contributed by atoms with Crippen molar-refractivity contribution < 1.29 is 14.3 Å². The van der Waals surface area contributed by atoms with E-state index in [1.807, 2.05) is 12.1 Å². The summed E-state index contributed by atoms with van der Waals surface area (Å²) in [7, 11) is 3.38. The van der Waals surface area contributed by atoms with Crippen LogP contribution in [0.4, 0.5) is 0 Å². The van der Waals surface area contributed by atoms with Crippen LogP contribution in [-0.4, -0.2) is 41.5 Å². The summed E-state index contributed by atoms with van der Waals surface area (Å²) in [5.41, 5.74) is 11.3. The summed E-state index contributed by atoms with van der Waals surface area (Å²) in [4.78, 5) is 23.9. The average Bonchev–Trinajstić information content (AvgIpc) is 3.88. The number of hydrogen-bond donors (Lipinski definition) is 3. The van der Waals surface area contributed by atoms with Gasteiger partial charge in [0.25, 0.3) is 5.91 Å². The van der Waals surface area contributed by atoms with Crippen LogP contribution >= 0.6 is 11.9 Å². The summed E-state index contributed by atoms with van der Waals surface area (Å²) >= 11 is 1.34. The Morgan fingerprint density at radius 2 is 1.36 bits per heavy atom. The van der Waals surface area contributed by atoms with E-state index in [9.17, 15) is 4.79 Å². The van der Waals surface area contributed by atoms with Crippen LogP contribution in [0.2, 0.25) is 0 Å². The van der Waals surface area contributed by atoms with Gasteiger partial charge in [0, 0.05) is 63.7 Å². The second-order valence-corrected chi connectivity index (χ2v) is 15.1. The summed E-state index contributed by atoms with van der Waals surface area (Å²) in [5, 5.41) is 2.37. The molecule has 8 heteroatoms. The molecule has 3 heterocycles. The largest absolute Gasteiger partial charge is 0.493 e. The van der Waals surface area contributed by atoms with Gasteiger partial charge in [-0.15, -0.1) is 0 Å². The summed E-state index contributed by atoms with van der Waals surface area (Å²) in [6.45, 7) is 1.70. The Hall–Kier alpha value is -6.22. The van der Waals surface area contributed by atoms with Crippen molar-refractivity contribution in [3.05, 3.63) is 196 Å². The Kier molecular flexibility index (Phi) is 9.82. The highest BCUT2D eigenvalue weighted by atomic mass is 32.2. The SMILES string of the molecule is COc1cc2c(cc1OC)C(c1ccccc1)N(Cc1ccc(SNC(=O)c3ccc(C(c4c[nH]c5ccccc45)c4c[nH]c5ccccc45)cc3)cc1)CC2. The molecule has 1 aliphatic heterocycles. The van der Waals surface area contributed by atoms with Crippen LogP contribution in [0.25, 0.3) is 21.8 Å². The maximum absolute atomic E-state index is 13.4. The number of amides is 1. The Bertz CT molecular complexity index is 2560. The highest BCUT2D eigenvalue weighted by Gasteiger charge is 2.30. The van der Waals surface area contributed by atoms with Gasteiger partial charge < -0.3 is 19.4 Å². The van der Waals surface area contributed by atoms with Crippen molar-refractivity contribution in [2.24, 2.45) is 0 Å². The van der Waals surface area contributed by atoms with E-state index in [0.717, 1.165) is 52.5 Å².